The van der Waals surface area contributed by atoms with Gasteiger partial charge in [-0.05, 0) is 0 Å². The largest absolute Gasteiger partial charge is 0.383 e. The highest BCUT2D eigenvalue weighted by atomic mass is 19.2. The van der Waals surface area contributed by atoms with E-state index >= 15 is 0 Å². The molecule has 0 aromatic heterocycles. The van der Waals surface area contributed by atoms with Gasteiger partial charge in [-0.2, -0.15) is 0 Å². The smallest absolute Gasteiger partial charge is 0.200 e. The average Bonchev–Trinajstić information content (AvgIpc) is 2.41. The summed E-state index contributed by atoms with van der Waals surface area (Å²) in [6.07, 6.45) is 2.10. The Morgan fingerprint density at radius 1 is 0.947 bits per heavy atom. The molecule has 0 amide bonds. The van der Waals surface area contributed by atoms with Crippen LogP contribution in [0.2, 0.25) is 0 Å². The zero-order valence-electron chi connectivity index (χ0n) is 10.1. The fraction of sp³-hybridized carbons (Fsp3) is 0.333. The standard InChI is InChI=1S/C12H12F5NO/c1-19-6-5-18-4-2-3-7-8(13)10(15)12(17)11(16)9(7)14/h2-3,18H,4-6H2,1H3. The van der Waals surface area contributed by atoms with Crippen molar-refractivity contribution in [3.05, 3.63) is 40.7 Å². The van der Waals surface area contributed by atoms with Gasteiger partial charge >= 0.3 is 0 Å². The summed E-state index contributed by atoms with van der Waals surface area (Å²) in [5.74, 6) is -9.75. The number of hydrogen-bond acceptors (Lipinski definition) is 2. The van der Waals surface area contributed by atoms with Crippen LogP contribution in [0.3, 0.4) is 0 Å². The van der Waals surface area contributed by atoms with Gasteiger partial charge in [0, 0.05) is 20.2 Å². The van der Waals surface area contributed by atoms with Crippen LogP contribution < -0.4 is 5.32 Å². The zero-order valence-corrected chi connectivity index (χ0v) is 10.1. The maximum absolute atomic E-state index is 13.2. The Balaban J connectivity index is 2.81. The van der Waals surface area contributed by atoms with Crippen molar-refractivity contribution in [1.29, 1.82) is 0 Å². The molecule has 1 aromatic rings. The first kappa shape index (κ1) is 15.6. The quantitative estimate of drug-likeness (QED) is 0.374. The first-order chi connectivity index (χ1) is 9.00. The molecule has 7 heteroatoms. The van der Waals surface area contributed by atoms with Gasteiger partial charge in [0.05, 0.1) is 12.2 Å². The van der Waals surface area contributed by atoms with Crippen LogP contribution in [0.25, 0.3) is 6.08 Å². The molecule has 2 nitrogen and oxygen atoms in total. The third kappa shape index (κ3) is 3.74. The molecule has 0 heterocycles. The number of ether oxygens (including phenoxy) is 1. The molecule has 0 atom stereocenters. The summed E-state index contributed by atoms with van der Waals surface area (Å²) >= 11 is 0. The van der Waals surface area contributed by atoms with E-state index in [4.69, 9.17) is 4.74 Å². The minimum absolute atomic E-state index is 0.211. The third-order valence-corrected chi connectivity index (χ3v) is 2.27. The second-order valence-electron chi connectivity index (χ2n) is 3.58. The highest BCUT2D eigenvalue weighted by Gasteiger charge is 2.23. The minimum atomic E-state index is -2.16. The Kier molecular flexibility index (Phi) is 5.91. The van der Waals surface area contributed by atoms with Crippen LogP contribution in [0.4, 0.5) is 22.0 Å². The van der Waals surface area contributed by atoms with E-state index in [9.17, 15) is 22.0 Å². The van der Waals surface area contributed by atoms with Crippen molar-refractivity contribution in [2.45, 2.75) is 0 Å². The molecule has 0 spiro atoms. The molecule has 0 fully saturated rings. The Hall–Kier alpha value is -1.47. The van der Waals surface area contributed by atoms with Gasteiger partial charge in [-0.15, -0.1) is 0 Å². The zero-order chi connectivity index (χ0) is 14.4. The molecule has 1 aromatic carbocycles. The normalized spacial score (nSPS) is 11.5. The Morgan fingerprint density at radius 2 is 1.47 bits per heavy atom. The van der Waals surface area contributed by atoms with E-state index in [0.717, 1.165) is 6.08 Å². The van der Waals surface area contributed by atoms with E-state index in [1.165, 1.54) is 13.2 Å². The summed E-state index contributed by atoms with van der Waals surface area (Å²) in [6.45, 7) is 1.15. The van der Waals surface area contributed by atoms with E-state index in [1.54, 1.807) is 0 Å². The molecule has 0 unspecified atom stereocenters. The lowest BCUT2D eigenvalue weighted by Gasteiger charge is -2.04. The van der Waals surface area contributed by atoms with Crippen LogP contribution in [-0.4, -0.2) is 26.8 Å². The van der Waals surface area contributed by atoms with Crippen molar-refractivity contribution in [3.8, 4) is 0 Å². The van der Waals surface area contributed by atoms with E-state index in [0.29, 0.717) is 13.2 Å². The molecule has 0 aliphatic rings. The van der Waals surface area contributed by atoms with Gasteiger partial charge < -0.3 is 10.1 Å². The van der Waals surface area contributed by atoms with Gasteiger partial charge in [-0.1, -0.05) is 12.2 Å². The molecule has 0 saturated heterocycles. The molecule has 0 saturated carbocycles. The lowest BCUT2D eigenvalue weighted by molar-refractivity contribution is 0.200. The lowest BCUT2D eigenvalue weighted by Crippen LogP contribution is -2.18. The van der Waals surface area contributed by atoms with Crippen LogP contribution >= 0.6 is 0 Å². The Bertz CT molecular complexity index is 447. The van der Waals surface area contributed by atoms with E-state index < -0.39 is 34.6 Å². The van der Waals surface area contributed by atoms with Gasteiger partial charge in [0.2, 0.25) is 5.82 Å². The number of hydrogen-bond donors (Lipinski definition) is 1. The first-order valence-corrected chi connectivity index (χ1v) is 5.38. The molecule has 1 N–H and O–H groups in total. The summed E-state index contributed by atoms with van der Waals surface area (Å²) in [5.41, 5.74) is -0.954. The molecule has 106 valence electrons. The van der Waals surface area contributed by atoms with Gasteiger partial charge in [-0.3, -0.25) is 0 Å². The molecule has 0 bridgehead atoms. The molecular formula is C12H12F5NO. The van der Waals surface area contributed by atoms with E-state index in [1.807, 2.05) is 0 Å². The minimum Gasteiger partial charge on any atom is -0.383 e. The SMILES string of the molecule is COCCNCC=Cc1c(F)c(F)c(F)c(F)c1F. The molecule has 0 aliphatic carbocycles. The second-order valence-corrected chi connectivity index (χ2v) is 3.58. The van der Waals surface area contributed by atoms with Crippen molar-refractivity contribution in [3.63, 3.8) is 0 Å². The van der Waals surface area contributed by atoms with Crippen LogP contribution in [0.15, 0.2) is 6.08 Å². The molecule has 0 radical (unpaired) electrons. The summed E-state index contributed by atoms with van der Waals surface area (Å²) in [7, 11) is 1.51. The fourth-order valence-electron chi connectivity index (χ4n) is 1.30. The number of methoxy groups -OCH3 is 1. The number of halogens is 5. The number of nitrogens with one attached hydrogen (secondary N) is 1. The van der Waals surface area contributed by atoms with Gasteiger partial charge in [0.25, 0.3) is 0 Å². The number of benzene rings is 1. The fourth-order valence-corrected chi connectivity index (χ4v) is 1.30. The van der Waals surface area contributed by atoms with Gasteiger partial charge in [0.1, 0.15) is 0 Å². The van der Waals surface area contributed by atoms with Crippen molar-refractivity contribution in [1.82, 2.24) is 5.32 Å². The van der Waals surface area contributed by atoms with Gasteiger partial charge in [-0.25, -0.2) is 22.0 Å². The van der Waals surface area contributed by atoms with E-state index in [2.05, 4.69) is 5.32 Å². The van der Waals surface area contributed by atoms with Crippen molar-refractivity contribution in [2.24, 2.45) is 0 Å². The van der Waals surface area contributed by atoms with Crippen LogP contribution in [-0.2, 0) is 4.74 Å². The molecular weight excluding hydrogens is 269 g/mol. The predicted molar refractivity (Wildman–Crippen MR) is 60.0 cm³/mol. The Morgan fingerprint density at radius 3 is 2.00 bits per heavy atom. The maximum Gasteiger partial charge on any atom is 0.200 e. The first-order valence-electron chi connectivity index (χ1n) is 5.38. The van der Waals surface area contributed by atoms with Crippen LogP contribution in [0.1, 0.15) is 5.56 Å². The Labute approximate surface area is 106 Å². The topological polar surface area (TPSA) is 21.3 Å². The average molecular weight is 281 g/mol. The maximum atomic E-state index is 13.2. The highest BCUT2D eigenvalue weighted by Crippen LogP contribution is 2.23. The summed E-state index contributed by atoms with van der Waals surface area (Å²) in [5, 5.41) is 2.82. The van der Waals surface area contributed by atoms with Crippen LogP contribution in [0, 0.1) is 29.1 Å². The second kappa shape index (κ2) is 7.20. The highest BCUT2D eigenvalue weighted by molar-refractivity contribution is 5.51. The predicted octanol–water partition coefficient (Wildman–Crippen LogP) is 2.63. The van der Waals surface area contributed by atoms with Crippen molar-refractivity contribution >= 4 is 6.08 Å². The monoisotopic (exact) mass is 281 g/mol. The van der Waals surface area contributed by atoms with Crippen molar-refractivity contribution < 1.29 is 26.7 Å². The molecule has 19 heavy (non-hydrogen) atoms. The number of rotatable bonds is 6. The third-order valence-electron chi connectivity index (χ3n) is 2.27. The van der Waals surface area contributed by atoms with Crippen molar-refractivity contribution in [2.75, 3.05) is 26.8 Å². The summed E-state index contributed by atoms with van der Waals surface area (Å²) in [4.78, 5) is 0. The summed E-state index contributed by atoms with van der Waals surface area (Å²) < 4.78 is 69.6. The lowest BCUT2D eigenvalue weighted by atomic mass is 10.1. The molecule has 1 rings (SSSR count). The molecule has 0 aliphatic heterocycles. The summed E-state index contributed by atoms with van der Waals surface area (Å²) in [6, 6.07) is 0. The van der Waals surface area contributed by atoms with Gasteiger partial charge in [0.15, 0.2) is 23.3 Å². The van der Waals surface area contributed by atoms with Crippen LogP contribution in [0.5, 0.6) is 0 Å². The van der Waals surface area contributed by atoms with E-state index in [-0.39, 0.29) is 6.54 Å².